The highest BCUT2D eigenvalue weighted by molar-refractivity contribution is 6.07. The summed E-state index contributed by atoms with van der Waals surface area (Å²) < 4.78 is 0. The highest BCUT2D eigenvalue weighted by Gasteiger charge is 2.24. The van der Waals surface area contributed by atoms with Gasteiger partial charge in [-0.15, -0.1) is 0 Å². The van der Waals surface area contributed by atoms with E-state index in [-0.39, 0.29) is 5.91 Å². The van der Waals surface area contributed by atoms with E-state index in [4.69, 9.17) is 4.99 Å². The van der Waals surface area contributed by atoms with E-state index in [0.717, 1.165) is 61.6 Å². The fourth-order valence-electron chi connectivity index (χ4n) is 5.03. The number of hydrogen-bond donors (Lipinski definition) is 2. The number of aliphatic imine (C=N–C) groups is 2. The Balaban J connectivity index is 1.38. The lowest BCUT2D eigenvalue weighted by molar-refractivity contribution is 0.0942. The molecule has 0 atom stereocenters. The van der Waals surface area contributed by atoms with Crippen LogP contribution in [0.15, 0.2) is 58.1 Å². The van der Waals surface area contributed by atoms with Crippen molar-refractivity contribution >= 4 is 17.7 Å². The van der Waals surface area contributed by atoms with E-state index < -0.39 is 0 Å². The lowest BCUT2D eigenvalue weighted by Gasteiger charge is -2.30. The Hall–Kier alpha value is -2.89. The van der Waals surface area contributed by atoms with Crippen LogP contribution >= 0.6 is 0 Å². The van der Waals surface area contributed by atoms with Gasteiger partial charge in [0.2, 0.25) is 5.96 Å². The van der Waals surface area contributed by atoms with Gasteiger partial charge in [0.15, 0.2) is 0 Å². The molecule has 1 saturated carbocycles. The Morgan fingerprint density at radius 1 is 1.05 bits per heavy atom. The number of likely N-dealkylation sites (N-methyl/N-ethyl adjacent to an activating group) is 1. The summed E-state index contributed by atoms with van der Waals surface area (Å²) in [6, 6.07) is 8.56. The lowest BCUT2D eigenvalue weighted by atomic mass is 9.86. The maximum absolute atomic E-state index is 12.7. The summed E-state index contributed by atoms with van der Waals surface area (Å²) in [7, 11) is 4.05. The average Bonchev–Trinajstić information content (AvgIpc) is 2.92. The van der Waals surface area contributed by atoms with Crippen LogP contribution in [0.2, 0.25) is 0 Å². The van der Waals surface area contributed by atoms with Gasteiger partial charge in [-0.1, -0.05) is 63.0 Å². The van der Waals surface area contributed by atoms with Crippen LogP contribution in [0.1, 0.15) is 87.6 Å². The molecular formula is C31H47N5O. The number of rotatable bonds is 11. The van der Waals surface area contributed by atoms with Crippen molar-refractivity contribution in [3.63, 3.8) is 0 Å². The van der Waals surface area contributed by atoms with Crippen LogP contribution in [0.3, 0.4) is 0 Å². The summed E-state index contributed by atoms with van der Waals surface area (Å²) in [6.45, 7) is 5.65. The molecule has 202 valence electrons. The number of guanidine groups is 1. The molecule has 0 spiro atoms. The minimum Gasteiger partial charge on any atom is -0.362 e. The van der Waals surface area contributed by atoms with Gasteiger partial charge >= 0.3 is 0 Å². The Morgan fingerprint density at radius 2 is 1.78 bits per heavy atom. The Morgan fingerprint density at radius 3 is 2.46 bits per heavy atom. The topological polar surface area (TPSA) is 69.1 Å². The first-order chi connectivity index (χ1) is 18.0. The van der Waals surface area contributed by atoms with Gasteiger partial charge < -0.3 is 15.5 Å². The zero-order valence-electron chi connectivity index (χ0n) is 23.4. The van der Waals surface area contributed by atoms with Crippen molar-refractivity contribution in [2.24, 2.45) is 15.9 Å². The van der Waals surface area contributed by atoms with Crippen LogP contribution in [0, 0.1) is 5.92 Å². The number of allylic oxidation sites excluding steroid dienone is 3. The van der Waals surface area contributed by atoms with E-state index in [1.807, 2.05) is 50.2 Å². The van der Waals surface area contributed by atoms with E-state index in [2.05, 4.69) is 40.8 Å². The van der Waals surface area contributed by atoms with Crippen molar-refractivity contribution in [1.82, 2.24) is 15.5 Å². The highest BCUT2D eigenvalue weighted by Crippen LogP contribution is 2.24. The molecule has 37 heavy (non-hydrogen) atoms. The molecule has 1 aromatic carbocycles. The number of nitrogens with zero attached hydrogens (tertiary/aromatic N) is 3. The molecule has 0 unspecified atom stereocenters. The summed E-state index contributed by atoms with van der Waals surface area (Å²) in [4.78, 5) is 24.2. The summed E-state index contributed by atoms with van der Waals surface area (Å²) in [5.74, 6) is 2.27. The third-order valence-corrected chi connectivity index (χ3v) is 7.33. The van der Waals surface area contributed by atoms with Gasteiger partial charge in [-0.3, -0.25) is 4.79 Å². The maximum atomic E-state index is 12.7. The van der Waals surface area contributed by atoms with Crippen molar-refractivity contribution in [2.45, 2.75) is 84.1 Å². The molecule has 0 aromatic heterocycles. The number of amides is 1. The number of benzene rings is 1. The molecule has 1 aliphatic heterocycles. The number of hydrogen-bond acceptors (Lipinski definition) is 5. The molecule has 2 N–H and O–H groups in total. The van der Waals surface area contributed by atoms with E-state index in [9.17, 15) is 4.79 Å². The van der Waals surface area contributed by atoms with Crippen molar-refractivity contribution in [1.29, 1.82) is 0 Å². The van der Waals surface area contributed by atoms with Crippen molar-refractivity contribution in [3.8, 4) is 0 Å². The number of unbranched alkanes of at least 4 members (excludes halogenated alkanes) is 4. The van der Waals surface area contributed by atoms with Crippen molar-refractivity contribution < 1.29 is 4.79 Å². The monoisotopic (exact) mass is 505 g/mol. The van der Waals surface area contributed by atoms with E-state index in [1.54, 1.807) is 0 Å². The van der Waals surface area contributed by atoms with E-state index in [1.165, 1.54) is 37.7 Å². The van der Waals surface area contributed by atoms with Gasteiger partial charge in [-0.2, -0.15) is 4.99 Å². The standard InChI is InChI=1S/C31H47N5O/c1-5-7-9-10-11-12-24-14-18-26(19-15-24)30(37)32-22-25-16-20-28(21-17-25)34-31-33-23-27(13-8-6-2)29(35-31)36(3)4/h6,8,13-15,18-19,25,28H,5,7,9-12,16-17,20-23H2,1-4H3,(H,32,37)(H,33,34)/b8-6-,27-13+. The highest BCUT2D eigenvalue weighted by atomic mass is 16.1. The first-order valence-electron chi connectivity index (χ1n) is 14.3. The number of carbonyl (C=O) groups excluding carboxylic acids is 1. The molecule has 3 rings (SSSR count). The molecule has 0 radical (unpaired) electrons. The number of aryl methyl sites for hydroxylation is 1. The van der Waals surface area contributed by atoms with Crippen LogP contribution in [0.25, 0.3) is 0 Å². The minimum atomic E-state index is 0.0404. The van der Waals surface area contributed by atoms with Gasteiger partial charge in [-0.25, -0.2) is 4.99 Å². The fourth-order valence-corrected chi connectivity index (χ4v) is 5.03. The molecule has 6 heteroatoms. The van der Waals surface area contributed by atoms with Crippen molar-refractivity contribution in [3.05, 3.63) is 59.2 Å². The second-order valence-electron chi connectivity index (χ2n) is 10.6. The van der Waals surface area contributed by atoms with E-state index in [0.29, 0.717) is 18.5 Å². The van der Waals surface area contributed by atoms with Crippen LogP contribution in [0.5, 0.6) is 0 Å². The van der Waals surface area contributed by atoms with Gasteiger partial charge in [0, 0.05) is 37.8 Å². The predicted molar refractivity (Wildman–Crippen MR) is 156 cm³/mol. The summed E-state index contributed by atoms with van der Waals surface area (Å²) in [5, 5.41) is 6.73. The molecule has 1 aliphatic carbocycles. The Kier molecular flexibility index (Phi) is 11.9. The second kappa shape index (κ2) is 15.4. The first kappa shape index (κ1) is 28.7. The minimum absolute atomic E-state index is 0.0404. The molecule has 6 nitrogen and oxygen atoms in total. The van der Waals surface area contributed by atoms with Gasteiger partial charge in [0.1, 0.15) is 5.84 Å². The number of nitrogens with one attached hydrogen (secondary N) is 2. The van der Waals surface area contributed by atoms with Gasteiger partial charge in [0.25, 0.3) is 5.91 Å². The number of carbonyl (C=O) groups is 1. The molecular weight excluding hydrogens is 458 g/mol. The zero-order valence-corrected chi connectivity index (χ0v) is 23.4. The molecule has 0 saturated heterocycles. The molecule has 1 amide bonds. The molecule has 1 aromatic rings. The molecule has 2 aliphatic rings. The van der Waals surface area contributed by atoms with Crippen LogP contribution in [-0.4, -0.2) is 55.8 Å². The molecule has 0 bridgehead atoms. The average molecular weight is 506 g/mol. The Labute approximate surface area is 224 Å². The quantitative estimate of drug-likeness (QED) is 0.367. The second-order valence-corrected chi connectivity index (χ2v) is 10.6. The van der Waals surface area contributed by atoms with Crippen LogP contribution < -0.4 is 10.6 Å². The smallest absolute Gasteiger partial charge is 0.251 e. The number of amidine groups is 1. The SMILES string of the molecule is C/C=C\C=C1/CN=C(NC2CCC(CNC(=O)c3ccc(CCCCCCC)cc3)CC2)N=C1N(C)C. The predicted octanol–water partition coefficient (Wildman–Crippen LogP) is 5.91. The third-order valence-electron chi connectivity index (χ3n) is 7.33. The third kappa shape index (κ3) is 9.49. The summed E-state index contributed by atoms with van der Waals surface area (Å²) >= 11 is 0. The normalized spacial score (nSPS) is 21.0. The molecule has 1 heterocycles. The van der Waals surface area contributed by atoms with Gasteiger partial charge in [-0.05, 0) is 69.1 Å². The summed E-state index contributed by atoms with van der Waals surface area (Å²) in [6.07, 6.45) is 18.0. The van der Waals surface area contributed by atoms with Gasteiger partial charge in [0.05, 0.1) is 6.54 Å². The van der Waals surface area contributed by atoms with E-state index >= 15 is 0 Å². The summed E-state index contributed by atoms with van der Waals surface area (Å²) in [5.41, 5.74) is 3.22. The largest absolute Gasteiger partial charge is 0.362 e. The first-order valence-corrected chi connectivity index (χ1v) is 14.3. The van der Waals surface area contributed by atoms with Crippen molar-refractivity contribution in [2.75, 3.05) is 27.2 Å². The maximum Gasteiger partial charge on any atom is 0.251 e. The lowest BCUT2D eigenvalue weighted by Crippen LogP contribution is -2.41. The van der Waals surface area contributed by atoms with Crippen LogP contribution in [0.4, 0.5) is 0 Å². The molecule has 1 fully saturated rings. The Bertz CT molecular complexity index is 966. The van der Waals surface area contributed by atoms with Crippen LogP contribution in [-0.2, 0) is 6.42 Å². The zero-order chi connectivity index (χ0) is 26.5. The fraction of sp³-hybridized carbons (Fsp3) is 0.581.